The fourth-order valence-electron chi connectivity index (χ4n) is 4.94. The van der Waals surface area contributed by atoms with E-state index in [4.69, 9.17) is 14.2 Å². The number of alkyl halides is 6. The molecule has 41 heavy (non-hydrogen) atoms. The van der Waals surface area contributed by atoms with Crippen molar-refractivity contribution in [3.8, 4) is 0 Å². The van der Waals surface area contributed by atoms with E-state index in [0.29, 0.717) is 32.7 Å². The number of hydrogen-bond donors (Lipinski definition) is 0. The number of ether oxygens (including phenoxy) is 3. The first-order valence-electron chi connectivity index (χ1n) is 15.6. The summed E-state index contributed by atoms with van der Waals surface area (Å²) in [7, 11) is 0. The summed E-state index contributed by atoms with van der Waals surface area (Å²) in [4.78, 5) is 0. The van der Waals surface area contributed by atoms with Crippen LogP contribution in [0.1, 0.15) is 134 Å². The zero-order valence-electron chi connectivity index (χ0n) is 25.5. The third-order valence-electron chi connectivity index (χ3n) is 7.09. The topological polar surface area (TPSA) is 27.7 Å². The Morgan fingerprint density at radius 3 is 1.37 bits per heavy atom. The first-order chi connectivity index (χ1) is 19.4. The van der Waals surface area contributed by atoms with Crippen LogP contribution in [-0.4, -0.2) is 25.8 Å². The SMILES string of the molecule is CCCCCCCCC(CCCCCc1cc(C(F)(F)F)cc(C(F)(F)F)c1)C(OCCC)(OCCC)OCCC. The largest absolute Gasteiger partial charge is 0.416 e. The van der Waals surface area contributed by atoms with Gasteiger partial charge in [-0.2, -0.15) is 26.3 Å². The number of hydrogen-bond acceptors (Lipinski definition) is 3. The third-order valence-corrected chi connectivity index (χ3v) is 7.09. The highest BCUT2D eigenvalue weighted by molar-refractivity contribution is 5.33. The van der Waals surface area contributed by atoms with Crippen LogP contribution in [-0.2, 0) is 33.0 Å². The molecule has 0 heterocycles. The minimum Gasteiger partial charge on any atom is -0.327 e. The van der Waals surface area contributed by atoms with E-state index in [-0.39, 0.29) is 24.0 Å². The molecule has 1 aromatic rings. The zero-order chi connectivity index (χ0) is 30.8. The second kappa shape index (κ2) is 19.8. The molecule has 0 bridgehead atoms. The van der Waals surface area contributed by atoms with Crippen molar-refractivity contribution in [3.05, 3.63) is 34.9 Å². The molecule has 0 radical (unpaired) electrons. The summed E-state index contributed by atoms with van der Waals surface area (Å²) in [6, 6.07) is 1.84. The predicted molar refractivity (Wildman–Crippen MR) is 152 cm³/mol. The van der Waals surface area contributed by atoms with Gasteiger partial charge in [-0.05, 0) is 68.7 Å². The molecule has 1 aromatic carbocycles. The Bertz CT molecular complexity index is 756. The molecule has 0 aliphatic rings. The van der Waals surface area contributed by atoms with Crippen LogP contribution in [0.5, 0.6) is 0 Å². The van der Waals surface area contributed by atoms with E-state index in [1.54, 1.807) is 0 Å². The molecule has 1 rings (SSSR count). The van der Waals surface area contributed by atoms with Gasteiger partial charge in [-0.25, -0.2) is 0 Å². The summed E-state index contributed by atoms with van der Waals surface area (Å²) in [5.74, 6) is -1.17. The molecule has 0 spiro atoms. The first-order valence-corrected chi connectivity index (χ1v) is 15.6. The smallest absolute Gasteiger partial charge is 0.327 e. The molecule has 240 valence electrons. The molecule has 0 amide bonds. The summed E-state index contributed by atoms with van der Waals surface area (Å²) in [6.45, 7) is 9.78. The first kappa shape index (κ1) is 37.7. The van der Waals surface area contributed by atoms with Crippen molar-refractivity contribution in [2.45, 2.75) is 142 Å². The Morgan fingerprint density at radius 1 is 0.537 bits per heavy atom. The van der Waals surface area contributed by atoms with Crippen LogP contribution in [0.15, 0.2) is 18.2 Å². The van der Waals surface area contributed by atoms with Crippen LogP contribution < -0.4 is 0 Å². The molecule has 0 saturated carbocycles. The fraction of sp³-hybridized carbons (Fsp3) is 0.812. The van der Waals surface area contributed by atoms with E-state index in [1.165, 1.54) is 25.7 Å². The molecule has 0 aliphatic heterocycles. The molecule has 0 N–H and O–H groups in total. The Morgan fingerprint density at radius 2 is 0.951 bits per heavy atom. The van der Waals surface area contributed by atoms with Gasteiger partial charge in [-0.15, -0.1) is 0 Å². The van der Waals surface area contributed by atoms with Gasteiger partial charge in [0, 0.05) is 5.92 Å². The van der Waals surface area contributed by atoms with Gasteiger partial charge in [0.2, 0.25) is 0 Å². The minimum absolute atomic E-state index is 0.0243. The summed E-state index contributed by atoms with van der Waals surface area (Å²) in [5.41, 5.74) is -2.48. The van der Waals surface area contributed by atoms with Crippen molar-refractivity contribution in [3.63, 3.8) is 0 Å². The summed E-state index contributed by atoms with van der Waals surface area (Å²) < 4.78 is 98.3. The average Bonchev–Trinajstić information content (AvgIpc) is 2.92. The number of benzene rings is 1. The second-order valence-corrected chi connectivity index (χ2v) is 10.9. The molecule has 3 nitrogen and oxygen atoms in total. The van der Waals surface area contributed by atoms with Gasteiger partial charge >= 0.3 is 12.4 Å². The number of halogens is 6. The molecule has 0 saturated heterocycles. The van der Waals surface area contributed by atoms with E-state index >= 15 is 0 Å². The van der Waals surface area contributed by atoms with Crippen LogP contribution in [0.2, 0.25) is 0 Å². The molecule has 9 heteroatoms. The Kier molecular flexibility index (Phi) is 18.2. The maximum absolute atomic E-state index is 13.2. The molecular formula is C32H52F6O3. The lowest BCUT2D eigenvalue weighted by atomic mass is 9.91. The molecule has 0 aromatic heterocycles. The lowest BCUT2D eigenvalue weighted by molar-refractivity contribution is -0.406. The lowest BCUT2D eigenvalue weighted by Gasteiger charge is -2.40. The highest BCUT2D eigenvalue weighted by Gasteiger charge is 2.42. The predicted octanol–water partition coefficient (Wildman–Crippen LogP) is 11.1. The van der Waals surface area contributed by atoms with Crippen LogP contribution in [0.4, 0.5) is 26.3 Å². The fourth-order valence-corrected chi connectivity index (χ4v) is 4.94. The quantitative estimate of drug-likeness (QED) is 0.0712. The van der Waals surface area contributed by atoms with Gasteiger partial charge in [0.1, 0.15) is 0 Å². The van der Waals surface area contributed by atoms with Gasteiger partial charge in [-0.3, -0.25) is 0 Å². The highest BCUT2D eigenvalue weighted by Crippen LogP contribution is 2.38. The van der Waals surface area contributed by atoms with Gasteiger partial charge in [0.05, 0.1) is 30.9 Å². The minimum atomic E-state index is -4.83. The van der Waals surface area contributed by atoms with E-state index in [1.807, 2.05) is 20.8 Å². The van der Waals surface area contributed by atoms with Crippen molar-refractivity contribution >= 4 is 0 Å². The maximum atomic E-state index is 13.2. The van der Waals surface area contributed by atoms with Crippen LogP contribution in [0, 0.1) is 5.92 Å². The summed E-state index contributed by atoms with van der Waals surface area (Å²) in [6.07, 6.45) is 3.33. The van der Waals surface area contributed by atoms with Crippen molar-refractivity contribution in [1.82, 2.24) is 0 Å². The second-order valence-electron chi connectivity index (χ2n) is 10.9. The molecular weight excluding hydrogens is 546 g/mol. The van der Waals surface area contributed by atoms with Gasteiger partial charge < -0.3 is 14.2 Å². The maximum Gasteiger partial charge on any atom is 0.416 e. The van der Waals surface area contributed by atoms with Crippen molar-refractivity contribution in [2.75, 3.05) is 19.8 Å². The summed E-state index contributed by atoms with van der Waals surface area (Å²) >= 11 is 0. The van der Waals surface area contributed by atoms with E-state index in [0.717, 1.165) is 63.5 Å². The van der Waals surface area contributed by atoms with Crippen LogP contribution >= 0.6 is 0 Å². The normalized spacial score (nSPS) is 13.6. The van der Waals surface area contributed by atoms with Crippen molar-refractivity contribution in [2.24, 2.45) is 5.92 Å². The average molecular weight is 599 g/mol. The van der Waals surface area contributed by atoms with Crippen LogP contribution in [0.25, 0.3) is 0 Å². The van der Waals surface area contributed by atoms with Gasteiger partial charge in [0.25, 0.3) is 5.97 Å². The number of aryl methyl sites for hydroxylation is 1. The molecule has 1 unspecified atom stereocenters. The number of rotatable bonds is 23. The molecule has 1 atom stereocenters. The van der Waals surface area contributed by atoms with E-state index in [2.05, 4.69) is 6.92 Å². The van der Waals surface area contributed by atoms with Gasteiger partial charge in [0.15, 0.2) is 0 Å². The number of unbranched alkanes of at least 4 members (excludes halogenated alkanes) is 7. The lowest BCUT2D eigenvalue weighted by Crippen LogP contribution is -2.47. The zero-order valence-corrected chi connectivity index (χ0v) is 25.5. The molecule has 0 aliphatic carbocycles. The van der Waals surface area contributed by atoms with Gasteiger partial charge in [-0.1, -0.05) is 79.1 Å². The third kappa shape index (κ3) is 14.6. The van der Waals surface area contributed by atoms with Crippen molar-refractivity contribution in [1.29, 1.82) is 0 Å². The monoisotopic (exact) mass is 598 g/mol. The van der Waals surface area contributed by atoms with Crippen LogP contribution in [0.3, 0.4) is 0 Å². The van der Waals surface area contributed by atoms with E-state index in [9.17, 15) is 26.3 Å². The standard InChI is InChI=1S/C32H52F6O3/c1-5-9-10-11-12-15-18-27(32(39-20-6-2,40-21-7-3)41-22-8-4)19-16-13-14-17-26-23-28(30(33,34)35)25-29(24-26)31(36,37)38/h23-25,27H,5-22H2,1-4H3. The van der Waals surface area contributed by atoms with E-state index < -0.39 is 29.5 Å². The Balaban J connectivity index is 2.96. The van der Waals surface area contributed by atoms with Crippen molar-refractivity contribution < 1.29 is 40.6 Å². The Hall–Kier alpha value is -1.32. The highest BCUT2D eigenvalue weighted by atomic mass is 19.4. The Labute approximate surface area is 243 Å². The molecule has 0 fully saturated rings. The summed E-state index contributed by atoms with van der Waals surface area (Å²) in [5, 5.41) is 0.